The highest BCUT2D eigenvalue weighted by molar-refractivity contribution is 5.76. The first kappa shape index (κ1) is 18.2. The second-order valence-corrected chi connectivity index (χ2v) is 6.05. The summed E-state index contributed by atoms with van der Waals surface area (Å²) in [7, 11) is 0. The van der Waals surface area contributed by atoms with Crippen LogP contribution in [0.4, 0.5) is 4.39 Å². The fourth-order valence-corrected chi connectivity index (χ4v) is 3.03. The quantitative estimate of drug-likeness (QED) is 0.740. The van der Waals surface area contributed by atoms with Crippen LogP contribution in [0.15, 0.2) is 24.3 Å². The highest BCUT2D eigenvalue weighted by atomic mass is 19.1. The average Bonchev–Trinajstić information content (AvgIpc) is 2.58. The van der Waals surface area contributed by atoms with Gasteiger partial charge in [-0.1, -0.05) is 12.1 Å². The predicted molar refractivity (Wildman–Crippen MR) is 87.4 cm³/mol. The van der Waals surface area contributed by atoms with E-state index in [1.54, 1.807) is 18.2 Å². The van der Waals surface area contributed by atoms with E-state index < -0.39 is 11.8 Å². The Morgan fingerprint density at radius 1 is 1.25 bits per heavy atom. The van der Waals surface area contributed by atoms with Crippen molar-refractivity contribution in [1.82, 2.24) is 4.90 Å². The molecular weight excluding hydrogens is 313 g/mol. The van der Waals surface area contributed by atoms with Gasteiger partial charge >= 0.3 is 5.97 Å². The van der Waals surface area contributed by atoms with Gasteiger partial charge in [-0.15, -0.1) is 0 Å². The number of hydrogen-bond acceptors (Lipinski definition) is 3. The van der Waals surface area contributed by atoms with Crippen LogP contribution in [0.2, 0.25) is 0 Å². The average molecular weight is 337 g/mol. The number of carbonyl (C=O) groups is 2. The number of para-hydroxylation sites is 1. The molecule has 1 fully saturated rings. The van der Waals surface area contributed by atoms with Crippen LogP contribution in [0.3, 0.4) is 0 Å². The third-order valence-electron chi connectivity index (χ3n) is 4.27. The number of nitrogens with zero attached hydrogens (tertiary/aromatic N) is 1. The molecular formula is C18H24FNO4. The predicted octanol–water partition coefficient (Wildman–Crippen LogP) is 3.23. The van der Waals surface area contributed by atoms with Gasteiger partial charge in [0.05, 0.1) is 6.61 Å². The first-order chi connectivity index (χ1) is 11.6. The second kappa shape index (κ2) is 9.25. The molecule has 1 atom stereocenters. The molecule has 0 saturated carbocycles. The normalized spacial score (nSPS) is 17.5. The van der Waals surface area contributed by atoms with Crippen molar-refractivity contribution in [2.45, 2.75) is 51.0 Å². The van der Waals surface area contributed by atoms with Gasteiger partial charge in [0, 0.05) is 25.4 Å². The van der Waals surface area contributed by atoms with Crippen LogP contribution in [-0.2, 0) is 9.59 Å². The first-order valence-electron chi connectivity index (χ1n) is 8.46. The number of carbonyl (C=O) groups excluding carboxylic acids is 1. The number of carboxylic acids is 1. The molecule has 1 aliphatic rings. The third kappa shape index (κ3) is 5.51. The Morgan fingerprint density at radius 2 is 2.04 bits per heavy atom. The van der Waals surface area contributed by atoms with Crippen LogP contribution in [0.5, 0.6) is 5.75 Å². The SMILES string of the molecule is O=C(O)CCC1CCCCN1C(=O)CCCOc1ccccc1F. The zero-order chi connectivity index (χ0) is 17.4. The van der Waals surface area contributed by atoms with Crippen molar-refractivity contribution in [2.75, 3.05) is 13.2 Å². The Labute approximate surface area is 141 Å². The number of aliphatic carboxylic acids is 1. The van der Waals surface area contributed by atoms with Crippen LogP contribution in [0.1, 0.15) is 44.9 Å². The van der Waals surface area contributed by atoms with Gasteiger partial charge in [0.1, 0.15) is 0 Å². The Hall–Kier alpha value is -2.11. The van der Waals surface area contributed by atoms with Crippen molar-refractivity contribution in [3.63, 3.8) is 0 Å². The summed E-state index contributed by atoms with van der Waals surface area (Å²) >= 11 is 0. The maximum atomic E-state index is 13.4. The molecule has 2 rings (SSSR count). The van der Waals surface area contributed by atoms with E-state index in [-0.39, 0.29) is 30.7 Å². The van der Waals surface area contributed by atoms with E-state index in [1.807, 2.05) is 4.90 Å². The minimum atomic E-state index is -0.828. The van der Waals surface area contributed by atoms with Crippen molar-refractivity contribution < 1.29 is 23.8 Å². The number of amides is 1. The summed E-state index contributed by atoms with van der Waals surface area (Å²) in [5.41, 5.74) is 0. The maximum Gasteiger partial charge on any atom is 0.303 e. The standard InChI is InChI=1S/C18H24FNO4/c19-15-7-1-2-8-16(15)24-13-5-9-17(21)20-12-4-3-6-14(20)10-11-18(22)23/h1-2,7-8,14H,3-6,9-13H2,(H,22,23). The molecule has 5 nitrogen and oxygen atoms in total. The van der Waals surface area contributed by atoms with Crippen LogP contribution in [0.25, 0.3) is 0 Å². The van der Waals surface area contributed by atoms with Gasteiger partial charge in [-0.05, 0) is 44.2 Å². The van der Waals surface area contributed by atoms with Crippen molar-refractivity contribution >= 4 is 11.9 Å². The number of halogens is 1. The molecule has 0 radical (unpaired) electrons. The maximum absolute atomic E-state index is 13.4. The van der Waals surface area contributed by atoms with Gasteiger partial charge in [-0.3, -0.25) is 9.59 Å². The molecule has 1 unspecified atom stereocenters. The summed E-state index contributed by atoms with van der Waals surface area (Å²) in [6.45, 7) is 0.970. The topological polar surface area (TPSA) is 66.8 Å². The summed E-state index contributed by atoms with van der Waals surface area (Å²) in [6.07, 6.45) is 4.29. The first-order valence-corrected chi connectivity index (χ1v) is 8.46. The van der Waals surface area contributed by atoms with Crippen LogP contribution < -0.4 is 4.74 Å². The number of ether oxygens (including phenoxy) is 1. The minimum Gasteiger partial charge on any atom is -0.491 e. The highest BCUT2D eigenvalue weighted by Gasteiger charge is 2.26. The summed E-state index contributed by atoms with van der Waals surface area (Å²) in [5, 5.41) is 8.82. The van der Waals surface area contributed by atoms with E-state index in [9.17, 15) is 14.0 Å². The number of hydrogen-bond donors (Lipinski definition) is 1. The van der Waals surface area contributed by atoms with Gasteiger partial charge < -0.3 is 14.7 Å². The summed E-state index contributed by atoms with van der Waals surface area (Å²) in [6, 6.07) is 6.21. The van der Waals surface area contributed by atoms with E-state index in [0.717, 1.165) is 19.3 Å². The molecule has 0 spiro atoms. The number of carboxylic acid groups (broad SMARTS) is 1. The van der Waals surface area contributed by atoms with E-state index in [0.29, 0.717) is 25.8 Å². The highest BCUT2D eigenvalue weighted by Crippen LogP contribution is 2.22. The second-order valence-electron chi connectivity index (χ2n) is 6.05. The Morgan fingerprint density at radius 3 is 2.79 bits per heavy atom. The van der Waals surface area contributed by atoms with Gasteiger partial charge in [-0.25, -0.2) is 4.39 Å². The van der Waals surface area contributed by atoms with Gasteiger partial charge in [0.15, 0.2) is 11.6 Å². The number of rotatable bonds is 8. The van der Waals surface area contributed by atoms with Gasteiger partial charge in [-0.2, -0.15) is 0 Å². The van der Waals surface area contributed by atoms with E-state index in [1.165, 1.54) is 6.07 Å². The van der Waals surface area contributed by atoms with Crippen LogP contribution in [-0.4, -0.2) is 41.1 Å². The molecule has 0 bridgehead atoms. The zero-order valence-corrected chi connectivity index (χ0v) is 13.7. The van der Waals surface area contributed by atoms with Gasteiger partial charge in [0.2, 0.25) is 5.91 Å². The number of piperidine rings is 1. The summed E-state index contributed by atoms with van der Waals surface area (Å²) in [5.74, 6) is -1.01. The zero-order valence-electron chi connectivity index (χ0n) is 13.7. The van der Waals surface area contributed by atoms with E-state index in [2.05, 4.69) is 0 Å². The largest absolute Gasteiger partial charge is 0.491 e. The van der Waals surface area contributed by atoms with E-state index in [4.69, 9.17) is 9.84 Å². The lowest BCUT2D eigenvalue weighted by atomic mass is 9.97. The molecule has 1 amide bonds. The minimum absolute atomic E-state index is 0.0230. The Balaban J connectivity index is 1.75. The molecule has 1 saturated heterocycles. The van der Waals surface area contributed by atoms with Gasteiger partial charge in [0.25, 0.3) is 0 Å². The molecule has 1 aromatic rings. The smallest absolute Gasteiger partial charge is 0.303 e. The molecule has 1 aromatic carbocycles. The van der Waals surface area contributed by atoms with Crippen molar-refractivity contribution in [1.29, 1.82) is 0 Å². The lowest BCUT2D eigenvalue weighted by molar-refractivity contribution is -0.140. The fourth-order valence-electron chi connectivity index (χ4n) is 3.03. The lowest BCUT2D eigenvalue weighted by Crippen LogP contribution is -2.44. The summed E-state index contributed by atoms with van der Waals surface area (Å²) in [4.78, 5) is 24.9. The van der Waals surface area contributed by atoms with Crippen molar-refractivity contribution in [3.05, 3.63) is 30.1 Å². The fraction of sp³-hybridized carbons (Fsp3) is 0.556. The van der Waals surface area contributed by atoms with Crippen molar-refractivity contribution in [2.24, 2.45) is 0 Å². The molecule has 132 valence electrons. The third-order valence-corrected chi connectivity index (χ3v) is 4.27. The van der Waals surface area contributed by atoms with Crippen LogP contribution in [0, 0.1) is 5.82 Å². The molecule has 1 N–H and O–H groups in total. The molecule has 0 aromatic heterocycles. The summed E-state index contributed by atoms with van der Waals surface area (Å²) < 4.78 is 18.8. The van der Waals surface area contributed by atoms with Crippen LogP contribution >= 0.6 is 0 Å². The monoisotopic (exact) mass is 337 g/mol. The number of likely N-dealkylation sites (tertiary alicyclic amines) is 1. The molecule has 1 aliphatic heterocycles. The Bertz CT molecular complexity index is 564. The molecule has 6 heteroatoms. The Kier molecular flexibility index (Phi) is 7.03. The lowest BCUT2D eigenvalue weighted by Gasteiger charge is -2.35. The molecule has 0 aliphatic carbocycles. The molecule has 24 heavy (non-hydrogen) atoms. The molecule has 1 heterocycles. The number of benzene rings is 1. The van der Waals surface area contributed by atoms with E-state index >= 15 is 0 Å². The van der Waals surface area contributed by atoms with Crippen molar-refractivity contribution in [3.8, 4) is 5.75 Å².